The smallest absolute Gasteiger partial charge is 0.255 e. The Balaban J connectivity index is 0.942. The van der Waals surface area contributed by atoms with Crippen molar-refractivity contribution < 1.29 is 47.9 Å². The first-order valence-electron chi connectivity index (χ1n) is 32.3. The van der Waals surface area contributed by atoms with Crippen molar-refractivity contribution in [1.82, 2.24) is 0 Å². The van der Waals surface area contributed by atoms with E-state index in [4.69, 9.17) is 74.5 Å². The van der Waals surface area contributed by atoms with Crippen molar-refractivity contribution in [3.8, 4) is 0 Å². The lowest BCUT2D eigenvalue weighted by Crippen LogP contribution is -2.19. The topological polar surface area (TPSA) is 629 Å². The van der Waals surface area contributed by atoms with Crippen LogP contribution in [-0.4, -0.2) is 59.1 Å². The fourth-order valence-electron chi connectivity index (χ4n) is 11.3. The first-order valence-corrected chi connectivity index (χ1v) is 32.3. The molecule has 0 saturated carbocycles. The van der Waals surface area contributed by atoms with Crippen LogP contribution in [-0.2, 0) is 0 Å². The zero-order valence-corrected chi connectivity index (χ0v) is 57.1. The van der Waals surface area contributed by atoms with Gasteiger partial charge < -0.3 is 128 Å². The van der Waals surface area contributed by atoms with Crippen LogP contribution in [0.3, 0.4) is 0 Å². The number of nitrogens with two attached hydrogens (primary N) is 13. The quantitative estimate of drug-likeness (QED) is 0.0317. The molecule has 0 unspecified atom stereocenters. The van der Waals surface area contributed by atoms with E-state index in [9.17, 15) is 43.2 Å². The van der Waals surface area contributed by atoms with Gasteiger partial charge >= 0.3 is 0 Å². The zero-order chi connectivity index (χ0) is 78.2. The molecule has 0 aromatic heterocycles. The number of carbonyl (C=O) groups is 10. The van der Waals surface area contributed by atoms with Gasteiger partial charge in [0, 0.05) is 186 Å². The maximum Gasteiger partial charge on any atom is 0.255 e. The van der Waals surface area contributed by atoms with Gasteiger partial charge in [0.25, 0.3) is 59.1 Å². The monoisotopic (exact) mass is 1460 g/mol. The van der Waals surface area contributed by atoms with Crippen LogP contribution < -0.4 is 128 Å². The third-order valence-corrected chi connectivity index (χ3v) is 15.8. The maximum absolute atomic E-state index is 15.0. The van der Waals surface area contributed by atoms with E-state index in [1.807, 2.05) is 0 Å². The van der Waals surface area contributed by atoms with Gasteiger partial charge in [0.1, 0.15) is 0 Å². The van der Waals surface area contributed by atoms with E-state index in [1.54, 1.807) is 0 Å². The van der Waals surface area contributed by atoms with E-state index < -0.39 is 59.1 Å². The molecule has 11 aromatic rings. The van der Waals surface area contributed by atoms with Gasteiger partial charge in [0.2, 0.25) is 0 Å². The minimum absolute atomic E-state index is 0.0120. The highest BCUT2D eigenvalue weighted by molar-refractivity contribution is 6.16. The standard InChI is InChI=1S/C76H69N23O10/c77-44-1-34(2-45(78)21-44)67(100)90-57-12-38(9-52(85)26-57)71(104)94-61-16-41(15-60(31-61)93-70(103)37-7-50(83)24-51(84)8-37)74(107)97-64-18-42(17-62(32-64)95-72(105)39-10-53(86)27-58(13-39)91-68(101)35-3-46(79)22-47(80)4-35)75(108)98-65-20-43(76(109)99-66-29-55(88)25-56(89)30-66)19-63(33-65)96-73(106)40-11-54(87)28-59(14-40)92-69(102)36-5-48(81)23-49(82)6-36/h1-33H,77-89H2,(H,90,100)(H,91,101)(H,92,102)(H,93,103)(H,94,104)(H,95,105)(H,96,106)(H,97,107)(H,98,108)(H,99,109). The highest BCUT2D eigenvalue weighted by Gasteiger charge is 2.23. The molecule has 0 heterocycles. The zero-order valence-electron chi connectivity index (χ0n) is 57.1. The van der Waals surface area contributed by atoms with Crippen LogP contribution >= 0.6 is 0 Å². The largest absolute Gasteiger partial charge is 0.399 e. The predicted octanol–water partition coefficient (Wildman–Crippen LogP) is 8.78. The lowest BCUT2D eigenvalue weighted by atomic mass is 10.1. The van der Waals surface area contributed by atoms with Crippen LogP contribution in [0.2, 0.25) is 0 Å². The SMILES string of the molecule is Nc1cc(N)cc(NC(=O)c2cc(NC(=O)c3cc(N)cc(NC(=O)c4cc(N)cc(N)c4)c3)cc(NC(=O)c3cc(NC(=O)c4cc(N)cc(NC(=O)c5cc(N)cc(N)c5)c4)cc(NC(=O)c4cc(NC(=O)c5cc(N)cc(N)c5)cc(NC(=O)c5cc(N)cc(NC(=O)c6cc(N)cc(N)c6)c5)c4)c3)c2)c1. The Bertz CT molecular complexity index is 5550. The van der Waals surface area contributed by atoms with Gasteiger partial charge in [0.05, 0.1) is 0 Å². The molecule has 548 valence electrons. The lowest BCUT2D eigenvalue weighted by molar-refractivity contribution is 0.101. The molecule has 109 heavy (non-hydrogen) atoms. The molecule has 0 radical (unpaired) electrons. The van der Waals surface area contributed by atoms with Crippen LogP contribution in [0.1, 0.15) is 104 Å². The Morgan fingerprint density at radius 2 is 0.220 bits per heavy atom. The third-order valence-electron chi connectivity index (χ3n) is 15.8. The minimum Gasteiger partial charge on any atom is -0.399 e. The van der Waals surface area contributed by atoms with Crippen molar-refractivity contribution >= 4 is 190 Å². The molecular formula is C76H69N23O10. The number of benzene rings is 11. The fourth-order valence-corrected chi connectivity index (χ4v) is 11.3. The minimum atomic E-state index is -0.963. The summed E-state index contributed by atoms with van der Waals surface area (Å²) >= 11 is 0. The van der Waals surface area contributed by atoms with Crippen molar-refractivity contribution in [3.63, 3.8) is 0 Å². The Morgan fingerprint density at radius 3 is 0.367 bits per heavy atom. The number of nitrogens with one attached hydrogen (secondary N) is 10. The molecule has 36 N–H and O–H groups in total. The van der Waals surface area contributed by atoms with E-state index in [2.05, 4.69) is 53.2 Å². The average Bonchev–Trinajstić information content (AvgIpc) is 0.813. The van der Waals surface area contributed by atoms with E-state index >= 15 is 4.79 Å². The molecule has 11 aromatic carbocycles. The number of rotatable bonds is 20. The van der Waals surface area contributed by atoms with Gasteiger partial charge in [-0.1, -0.05) is 0 Å². The molecular weight excluding hydrogens is 1390 g/mol. The normalized spacial score (nSPS) is 10.7. The van der Waals surface area contributed by atoms with Crippen molar-refractivity contribution in [2.75, 3.05) is 128 Å². The van der Waals surface area contributed by atoms with Gasteiger partial charge in [0.15, 0.2) is 0 Å². The molecule has 0 bridgehead atoms. The number of hydrogen-bond donors (Lipinski definition) is 23. The first-order chi connectivity index (χ1) is 51.7. The summed E-state index contributed by atoms with van der Waals surface area (Å²) in [6, 6.07) is 44.6. The van der Waals surface area contributed by atoms with E-state index in [-0.39, 0.29) is 186 Å². The number of hydrogen-bond acceptors (Lipinski definition) is 23. The highest BCUT2D eigenvalue weighted by atomic mass is 16.2. The summed E-state index contributed by atoms with van der Waals surface area (Å²) in [6.45, 7) is 0. The molecule has 33 nitrogen and oxygen atoms in total. The van der Waals surface area contributed by atoms with Crippen LogP contribution in [0, 0.1) is 0 Å². The highest BCUT2D eigenvalue weighted by Crippen LogP contribution is 2.31. The number of anilines is 23. The molecule has 0 spiro atoms. The second-order valence-corrected chi connectivity index (χ2v) is 24.9. The Morgan fingerprint density at radius 1 is 0.128 bits per heavy atom. The lowest BCUT2D eigenvalue weighted by Gasteiger charge is -2.16. The summed E-state index contributed by atoms with van der Waals surface area (Å²) < 4.78 is 0. The summed E-state index contributed by atoms with van der Waals surface area (Å²) in [5.41, 5.74) is 79.8. The molecule has 0 aliphatic rings. The summed E-state index contributed by atoms with van der Waals surface area (Å²) in [7, 11) is 0. The summed E-state index contributed by atoms with van der Waals surface area (Å²) in [6.07, 6.45) is 0. The molecule has 33 heteroatoms. The molecule has 0 saturated heterocycles. The average molecular weight is 1460 g/mol. The van der Waals surface area contributed by atoms with Crippen molar-refractivity contribution in [3.05, 3.63) is 256 Å². The van der Waals surface area contributed by atoms with Gasteiger partial charge in [-0.05, 0) is 200 Å². The van der Waals surface area contributed by atoms with E-state index in [0.717, 1.165) is 0 Å². The number of amides is 10. The van der Waals surface area contributed by atoms with Gasteiger partial charge in [-0.3, -0.25) is 47.9 Å². The third kappa shape index (κ3) is 19.2. The summed E-state index contributed by atoms with van der Waals surface area (Å²) in [4.78, 5) is 141. The van der Waals surface area contributed by atoms with Crippen LogP contribution in [0.5, 0.6) is 0 Å². The Hall–Kier alpha value is -16.5. The van der Waals surface area contributed by atoms with Crippen LogP contribution in [0.4, 0.5) is 131 Å². The molecule has 10 amide bonds. The van der Waals surface area contributed by atoms with Gasteiger partial charge in [-0.15, -0.1) is 0 Å². The van der Waals surface area contributed by atoms with Gasteiger partial charge in [-0.25, -0.2) is 0 Å². The Kier molecular flexibility index (Phi) is 21.0. The fraction of sp³-hybridized carbons (Fsp3) is 0. The molecule has 0 atom stereocenters. The Labute approximate surface area is 618 Å². The van der Waals surface area contributed by atoms with Crippen LogP contribution in [0.15, 0.2) is 200 Å². The molecule has 11 rings (SSSR count). The predicted molar refractivity (Wildman–Crippen MR) is 428 cm³/mol. The number of carbonyl (C=O) groups excluding carboxylic acids is 10. The van der Waals surface area contributed by atoms with Crippen molar-refractivity contribution in [1.29, 1.82) is 0 Å². The number of nitrogen functional groups attached to an aromatic ring is 13. The van der Waals surface area contributed by atoms with E-state index in [1.165, 1.54) is 200 Å². The molecule has 0 aliphatic carbocycles. The van der Waals surface area contributed by atoms with Crippen LogP contribution in [0.25, 0.3) is 0 Å². The van der Waals surface area contributed by atoms with Gasteiger partial charge in [-0.2, -0.15) is 0 Å². The molecule has 0 fully saturated rings. The van der Waals surface area contributed by atoms with E-state index in [0.29, 0.717) is 0 Å². The van der Waals surface area contributed by atoms with Crippen molar-refractivity contribution in [2.45, 2.75) is 0 Å². The second-order valence-electron chi connectivity index (χ2n) is 24.9. The summed E-state index contributed by atoms with van der Waals surface area (Å²) in [5, 5.41) is 26.9. The maximum atomic E-state index is 15.0. The molecule has 0 aliphatic heterocycles. The van der Waals surface area contributed by atoms with Crippen molar-refractivity contribution in [2.24, 2.45) is 0 Å². The first kappa shape index (κ1) is 73.7. The summed E-state index contributed by atoms with van der Waals surface area (Å²) in [5.74, 6) is -7.87. The second kappa shape index (κ2) is 31.0.